The predicted molar refractivity (Wildman–Crippen MR) is 78.4 cm³/mol. The highest BCUT2D eigenvalue weighted by Gasteiger charge is 2.13. The molecule has 0 aromatic heterocycles. The fourth-order valence-corrected chi connectivity index (χ4v) is 2.94. The van der Waals surface area contributed by atoms with E-state index >= 15 is 0 Å². The number of hydrogen-bond acceptors (Lipinski definition) is 5. The fraction of sp³-hybridized carbons (Fsp3) is 0.333. The molecule has 0 bridgehead atoms. The van der Waals surface area contributed by atoms with Gasteiger partial charge in [-0.05, 0) is 18.2 Å². The highest BCUT2D eigenvalue weighted by atomic mass is 32.2. The average molecular weight is 332 g/mol. The van der Waals surface area contributed by atoms with Crippen LogP contribution in [0.1, 0.15) is 5.56 Å². The second-order valence-electron chi connectivity index (χ2n) is 4.05. The predicted octanol–water partition coefficient (Wildman–Crippen LogP) is -1.14. The third kappa shape index (κ3) is 6.70. The minimum atomic E-state index is -3.74. The van der Waals surface area contributed by atoms with Gasteiger partial charge < -0.3 is 5.11 Å². The standard InChI is InChI=1S/C12H16N2O5S2/c1-20(16,17)13-7-8-14-21(18,19)12-6-2-4-11(10-12)5-3-9-15/h2,4,6,10,13-15H,7-9H2,1H3. The van der Waals surface area contributed by atoms with Crippen molar-refractivity contribution in [3.05, 3.63) is 29.8 Å². The lowest BCUT2D eigenvalue weighted by atomic mass is 10.2. The summed E-state index contributed by atoms with van der Waals surface area (Å²) in [6.45, 7) is -0.420. The Labute approximate surface area is 124 Å². The number of sulfonamides is 2. The molecule has 9 heteroatoms. The summed E-state index contributed by atoms with van der Waals surface area (Å²) in [4.78, 5) is 0.0200. The number of nitrogens with one attached hydrogen (secondary N) is 2. The first-order chi connectivity index (χ1) is 9.74. The molecule has 0 amide bonds. The molecule has 0 radical (unpaired) electrons. The van der Waals surface area contributed by atoms with Crippen molar-refractivity contribution >= 4 is 20.0 Å². The molecule has 1 aromatic carbocycles. The van der Waals surface area contributed by atoms with Gasteiger partial charge in [-0.2, -0.15) is 0 Å². The first kappa shape index (κ1) is 17.6. The molecule has 3 N–H and O–H groups in total. The highest BCUT2D eigenvalue weighted by Crippen LogP contribution is 2.10. The summed E-state index contributed by atoms with van der Waals surface area (Å²) in [5, 5.41) is 8.61. The van der Waals surface area contributed by atoms with Gasteiger partial charge in [0.05, 0.1) is 11.2 Å². The molecule has 7 nitrogen and oxygen atoms in total. The molecule has 0 saturated carbocycles. The van der Waals surface area contributed by atoms with Crippen molar-refractivity contribution in [2.45, 2.75) is 4.90 Å². The molecule has 0 aliphatic heterocycles. The van der Waals surface area contributed by atoms with Crippen molar-refractivity contribution in [1.29, 1.82) is 0 Å². The molecule has 0 unspecified atom stereocenters. The topological polar surface area (TPSA) is 113 Å². The molecule has 0 spiro atoms. The second kappa shape index (κ2) is 7.53. The SMILES string of the molecule is CS(=O)(=O)NCCNS(=O)(=O)c1cccc(C#CCO)c1. The van der Waals surface area contributed by atoms with Crippen molar-refractivity contribution in [2.75, 3.05) is 26.0 Å². The summed E-state index contributed by atoms with van der Waals surface area (Å²) < 4.78 is 50.1. The summed E-state index contributed by atoms with van der Waals surface area (Å²) >= 11 is 0. The molecule has 116 valence electrons. The Hall–Kier alpha value is -1.44. The van der Waals surface area contributed by atoms with E-state index in [1.807, 2.05) is 0 Å². The quantitative estimate of drug-likeness (QED) is 0.450. The lowest BCUT2D eigenvalue weighted by molar-refractivity contribution is 0.350. The van der Waals surface area contributed by atoms with Gasteiger partial charge in [-0.25, -0.2) is 26.3 Å². The third-order valence-corrected chi connectivity index (χ3v) is 4.42. The average Bonchev–Trinajstić information content (AvgIpc) is 2.41. The van der Waals surface area contributed by atoms with E-state index in [9.17, 15) is 16.8 Å². The minimum Gasteiger partial charge on any atom is -0.384 e. The van der Waals surface area contributed by atoms with E-state index in [1.165, 1.54) is 18.2 Å². The first-order valence-electron chi connectivity index (χ1n) is 5.89. The Morgan fingerprint density at radius 1 is 1.14 bits per heavy atom. The van der Waals surface area contributed by atoms with Crippen molar-refractivity contribution in [3.8, 4) is 11.8 Å². The van der Waals surface area contributed by atoms with Gasteiger partial charge in [0.15, 0.2) is 0 Å². The lowest BCUT2D eigenvalue weighted by Gasteiger charge is -2.07. The zero-order valence-corrected chi connectivity index (χ0v) is 13.0. The van der Waals surface area contributed by atoms with Crippen LogP contribution < -0.4 is 9.44 Å². The number of aliphatic hydroxyl groups excluding tert-OH is 1. The third-order valence-electron chi connectivity index (χ3n) is 2.24. The fourth-order valence-electron chi connectivity index (χ4n) is 1.39. The maximum Gasteiger partial charge on any atom is 0.240 e. The van der Waals surface area contributed by atoms with Gasteiger partial charge in [-0.3, -0.25) is 0 Å². The summed E-state index contributed by atoms with van der Waals surface area (Å²) in [6, 6.07) is 5.92. The molecule has 0 fully saturated rings. The van der Waals surface area contributed by atoms with Crippen LogP contribution in [0.2, 0.25) is 0 Å². The van der Waals surface area contributed by atoms with Crippen LogP contribution in [0.15, 0.2) is 29.2 Å². The van der Waals surface area contributed by atoms with Crippen LogP contribution in [-0.2, 0) is 20.0 Å². The van der Waals surface area contributed by atoms with Crippen LogP contribution in [0.5, 0.6) is 0 Å². The molecule has 0 aliphatic rings. The zero-order valence-electron chi connectivity index (χ0n) is 11.3. The van der Waals surface area contributed by atoms with E-state index < -0.39 is 20.0 Å². The Kier molecular flexibility index (Phi) is 6.32. The Morgan fingerprint density at radius 3 is 2.43 bits per heavy atom. The Morgan fingerprint density at radius 2 is 1.81 bits per heavy atom. The van der Waals surface area contributed by atoms with Crippen molar-refractivity contribution in [3.63, 3.8) is 0 Å². The van der Waals surface area contributed by atoms with E-state index in [0.717, 1.165) is 6.26 Å². The monoisotopic (exact) mass is 332 g/mol. The maximum atomic E-state index is 12.0. The van der Waals surface area contributed by atoms with Gasteiger partial charge in [-0.15, -0.1) is 0 Å². The van der Waals surface area contributed by atoms with Gasteiger partial charge in [0.25, 0.3) is 0 Å². The molecule has 0 aliphatic carbocycles. The summed E-state index contributed by atoms with van der Waals surface area (Å²) in [5.41, 5.74) is 0.459. The van der Waals surface area contributed by atoms with Crippen molar-refractivity contribution in [1.82, 2.24) is 9.44 Å². The molecule has 1 rings (SSSR count). The molecule has 0 saturated heterocycles. The first-order valence-corrected chi connectivity index (χ1v) is 9.26. The number of aliphatic hydroxyl groups is 1. The van der Waals surface area contributed by atoms with E-state index in [0.29, 0.717) is 5.56 Å². The van der Waals surface area contributed by atoms with Crippen LogP contribution in [0.4, 0.5) is 0 Å². The molecule has 21 heavy (non-hydrogen) atoms. The van der Waals surface area contributed by atoms with Crippen LogP contribution in [0.3, 0.4) is 0 Å². The lowest BCUT2D eigenvalue weighted by Crippen LogP contribution is -2.34. The number of rotatable bonds is 6. The molecule has 0 heterocycles. The largest absolute Gasteiger partial charge is 0.384 e. The Balaban J connectivity index is 2.74. The van der Waals surface area contributed by atoms with Gasteiger partial charge >= 0.3 is 0 Å². The number of hydrogen-bond donors (Lipinski definition) is 3. The van der Waals surface area contributed by atoms with Crippen LogP contribution in [-0.4, -0.2) is 47.9 Å². The van der Waals surface area contributed by atoms with Crippen LogP contribution in [0, 0.1) is 11.8 Å². The minimum absolute atomic E-state index is 0.0200. The highest BCUT2D eigenvalue weighted by molar-refractivity contribution is 7.89. The summed E-state index contributed by atoms with van der Waals surface area (Å²) in [7, 11) is -7.09. The Bertz CT molecular complexity index is 745. The normalized spacial score (nSPS) is 11.7. The van der Waals surface area contributed by atoms with Crippen molar-refractivity contribution < 1.29 is 21.9 Å². The van der Waals surface area contributed by atoms with E-state index in [1.54, 1.807) is 6.07 Å². The van der Waals surface area contributed by atoms with E-state index in [2.05, 4.69) is 21.3 Å². The summed E-state index contributed by atoms with van der Waals surface area (Å²) in [6.07, 6.45) is 0.991. The van der Waals surface area contributed by atoms with E-state index in [4.69, 9.17) is 5.11 Å². The second-order valence-corrected chi connectivity index (χ2v) is 7.65. The molecule has 0 atom stereocenters. The van der Waals surface area contributed by atoms with Gasteiger partial charge in [0, 0.05) is 18.7 Å². The smallest absolute Gasteiger partial charge is 0.240 e. The zero-order chi connectivity index (χ0) is 15.9. The molecular formula is C12H16N2O5S2. The summed E-state index contributed by atoms with van der Waals surface area (Å²) in [5.74, 6) is 5.04. The number of benzene rings is 1. The van der Waals surface area contributed by atoms with E-state index in [-0.39, 0.29) is 24.6 Å². The van der Waals surface area contributed by atoms with Crippen LogP contribution >= 0.6 is 0 Å². The maximum absolute atomic E-state index is 12.0. The molecule has 1 aromatic rings. The van der Waals surface area contributed by atoms with Crippen molar-refractivity contribution in [2.24, 2.45) is 0 Å². The van der Waals surface area contributed by atoms with Gasteiger partial charge in [0.1, 0.15) is 6.61 Å². The molecular weight excluding hydrogens is 316 g/mol. The van der Waals surface area contributed by atoms with Gasteiger partial charge in [-0.1, -0.05) is 17.9 Å². The van der Waals surface area contributed by atoms with Gasteiger partial charge in [0.2, 0.25) is 20.0 Å². The van der Waals surface area contributed by atoms with Crippen LogP contribution in [0.25, 0.3) is 0 Å².